The molecule has 20 heavy (non-hydrogen) atoms. The van der Waals surface area contributed by atoms with Gasteiger partial charge in [-0.05, 0) is 23.6 Å². The lowest BCUT2D eigenvalue weighted by Crippen LogP contribution is -2.13. The van der Waals surface area contributed by atoms with E-state index in [4.69, 9.17) is 16.2 Å². The summed E-state index contributed by atoms with van der Waals surface area (Å²) in [5.74, 6) is 0.487. The Bertz CT molecular complexity index is 639. The van der Waals surface area contributed by atoms with Gasteiger partial charge in [0.05, 0.1) is 11.9 Å². The average molecular weight is 271 g/mol. The molecular weight excluding hydrogens is 254 g/mol. The number of nitrogen functional groups attached to an aromatic ring is 1. The maximum Gasteiger partial charge on any atom is 0.254 e. The van der Waals surface area contributed by atoms with Gasteiger partial charge in [-0.15, -0.1) is 0 Å². The Morgan fingerprint density at radius 2 is 2.00 bits per heavy atom. The SMILES string of the molecule is CC(C)c1ccccc1Oc1ncc(N)cc1C(N)=O. The first kappa shape index (κ1) is 13.9. The van der Waals surface area contributed by atoms with E-state index in [-0.39, 0.29) is 17.4 Å². The van der Waals surface area contributed by atoms with E-state index in [1.54, 1.807) is 0 Å². The van der Waals surface area contributed by atoms with E-state index in [0.29, 0.717) is 11.4 Å². The highest BCUT2D eigenvalue weighted by Gasteiger charge is 2.15. The van der Waals surface area contributed by atoms with E-state index in [1.165, 1.54) is 12.3 Å². The van der Waals surface area contributed by atoms with Crippen molar-refractivity contribution in [2.24, 2.45) is 5.73 Å². The van der Waals surface area contributed by atoms with Crippen molar-refractivity contribution < 1.29 is 9.53 Å². The topological polar surface area (TPSA) is 91.2 Å². The van der Waals surface area contributed by atoms with Crippen LogP contribution >= 0.6 is 0 Å². The molecule has 2 rings (SSSR count). The van der Waals surface area contributed by atoms with Crippen molar-refractivity contribution in [3.8, 4) is 11.6 Å². The summed E-state index contributed by atoms with van der Waals surface area (Å²) in [6, 6.07) is 9.07. The quantitative estimate of drug-likeness (QED) is 0.894. The second kappa shape index (κ2) is 5.61. The molecule has 2 aromatic rings. The number of nitrogens with two attached hydrogens (primary N) is 2. The van der Waals surface area contributed by atoms with Gasteiger partial charge in [-0.2, -0.15) is 0 Å². The fourth-order valence-corrected chi connectivity index (χ4v) is 1.88. The third kappa shape index (κ3) is 2.88. The molecule has 0 bridgehead atoms. The molecule has 5 heteroatoms. The Hall–Kier alpha value is -2.56. The lowest BCUT2D eigenvalue weighted by atomic mass is 10.0. The minimum Gasteiger partial charge on any atom is -0.438 e. The molecule has 104 valence electrons. The Morgan fingerprint density at radius 3 is 2.65 bits per heavy atom. The molecule has 0 spiro atoms. The van der Waals surface area contributed by atoms with Crippen LogP contribution in [0.4, 0.5) is 5.69 Å². The number of aromatic nitrogens is 1. The van der Waals surface area contributed by atoms with Crippen molar-refractivity contribution in [1.29, 1.82) is 0 Å². The van der Waals surface area contributed by atoms with E-state index in [9.17, 15) is 4.79 Å². The molecule has 0 radical (unpaired) electrons. The maximum absolute atomic E-state index is 11.4. The summed E-state index contributed by atoms with van der Waals surface area (Å²) in [6.45, 7) is 4.13. The van der Waals surface area contributed by atoms with E-state index in [2.05, 4.69) is 18.8 Å². The zero-order chi connectivity index (χ0) is 14.7. The fourth-order valence-electron chi connectivity index (χ4n) is 1.88. The van der Waals surface area contributed by atoms with Gasteiger partial charge in [0, 0.05) is 0 Å². The van der Waals surface area contributed by atoms with Crippen LogP contribution in [0.3, 0.4) is 0 Å². The second-order valence-corrected chi connectivity index (χ2v) is 4.78. The van der Waals surface area contributed by atoms with Gasteiger partial charge in [0.25, 0.3) is 5.91 Å². The summed E-state index contributed by atoms with van der Waals surface area (Å²) in [4.78, 5) is 15.5. The third-order valence-electron chi connectivity index (χ3n) is 2.89. The minimum absolute atomic E-state index is 0.166. The largest absolute Gasteiger partial charge is 0.438 e. The smallest absolute Gasteiger partial charge is 0.254 e. The Morgan fingerprint density at radius 1 is 1.30 bits per heavy atom. The van der Waals surface area contributed by atoms with Crippen LogP contribution in [0.5, 0.6) is 11.6 Å². The first-order chi connectivity index (χ1) is 9.49. The number of para-hydroxylation sites is 1. The van der Waals surface area contributed by atoms with Crippen molar-refractivity contribution in [3.63, 3.8) is 0 Å². The van der Waals surface area contributed by atoms with Gasteiger partial charge in [-0.1, -0.05) is 32.0 Å². The summed E-state index contributed by atoms with van der Waals surface area (Å²) in [6.07, 6.45) is 1.43. The minimum atomic E-state index is -0.623. The number of nitrogens with zero attached hydrogens (tertiary/aromatic N) is 1. The Labute approximate surface area is 117 Å². The highest BCUT2D eigenvalue weighted by atomic mass is 16.5. The number of anilines is 1. The molecule has 1 heterocycles. The molecule has 0 unspecified atom stereocenters. The molecular formula is C15H17N3O2. The molecule has 0 atom stereocenters. The highest BCUT2D eigenvalue weighted by molar-refractivity contribution is 5.95. The van der Waals surface area contributed by atoms with Crippen molar-refractivity contribution >= 4 is 11.6 Å². The highest BCUT2D eigenvalue weighted by Crippen LogP contribution is 2.31. The molecule has 0 aliphatic heterocycles. The maximum atomic E-state index is 11.4. The van der Waals surface area contributed by atoms with Crippen LogP contribution in [-0.4, -0.2) is 10.9 Å². The van der Waals surface area contributed by atoms with Crippen LogP contribution in [-0.2, 0) is 0 Å². The number of primary amides is 1. The van der Waals surface area contributed by atoms with Crippen molar-refractivity contribution in [3.05, 3.63) is 47.7 Å². The van der Waals surface area contributed by atoms with Crippen molar-refractivity contribution in [1.82, 2.24) is 4.98 Å². The average Bonchev–Trinajstić information content (AvgIpc) is 2.41. The third-order valence-corrected chi connectivity index (χ3v) is 2.89. The van der Waals surface area contributed by atoms with Gasteiger partial charge >= 0.3 is 0 Å². The van der Waals surface area contributed by atoms with E-state index in [1.807, 2.05) is 24.3 Å². The molecule has 1 aromatic carbocycles. The Kier molecular flexibility index (Phi) is 3.89. The number of pyridine rings is 1. The second-order valence-electron chi connectivity index (χ2n) is 4.78. The van der Waals surface area contributed by atoms with Crippen LogP contribution in [0.25, 0.3) is 0 Å². The number of ether oxygens (including phenoxy) is 1. The predicted octanol–water partition coefficient (Wildman–Crippen LogP) is 2.68. The summed E-state index contributed by atoms with van der Waals surface area (Å²) in [5, 5.41) is 0. The van der Waals surface area contributed by atoms with E-state index >= 15 is 0 Å². The fraction of sp³-hybridized carbons (Fsp3) is 0.200. The molecule has 0 aliphatic carbocycles. The number of carbonyl (C=O) groups excluding carboxylic acids is 1. The van der Waals surface area contributed by atoms with Gasteiger partial charge in [0.15, 0.2) is 0 Å². The van der Waals surface area contributed by atoms with Gasteiger partial charge in [-0.25, -0.2) is 4.98 Å². The number of hydrogen-bond donors (Lipinski definition) is 2. The first-order valence-corrected chi connectivity index (χ1v) is 6.31. The predicted molar refractivity (Wildman–Crippen MR) is 77.8 cm³/mol. The summed E-state index contributed by atoms with van der Waals surface area (Å²) in [7, 11) is 0. The first-order valence-electron chi connectivity index (χ1n) is 6.31. The summed E-state index contributed by atoms with van der Waals surface area (Å²) < 4.78 is 5.75. The van der Waals surface area contributed by atoms with Gasteiger partial charge in [0.1, 0.15) is 11.3 Å². The Balaban J connectivity index is 2.43. The van der Waals surface area contributed by atoms with Crippen molar-refractivity contribution in [2.75, 3.05) is 5.73 Å². The molecule has 1 aromatic heterocycles. The van der Waals surface area contributed by atoms with Crippen LogP contribution < -0.4 is 16.2 Å². The number of amides is 1. The standard InChI is InChI=1S/C15H17N3O2/c1-9(2)11-5-3-4-6-13(11)20-15-12(14(17)19)7-10(16)8-18-15/h3-9H,16H2,1-2H3,(H2,17,19). The summed E-state index contributed by atoms with van der Waals surface area (Å²) >= 11 is 0. The molecule has 0 fully saturated rings. The number of rotatable bonds is 4. The molecule has 0 saturated carbocycles. The van der Waals surface area contributed by atoms with E-state index in [0.717, 1.165) is 5.56 Å². The van der Waals surface area contributed by atoms with Gasteiger partial charge < -0.3 is 16.2 Å². The molecule has 1 amide bonds. The van der Waals surface area contributed by atoms with Crippen LogP contribution in [0.15, 0.2) is 36.5 Å². The zero-order valence-corrected chi connectivity index (χ0v) is 11.5. The number of hydrogen-bond acceptors (Lipinski definition) is 4. The van der Waals surface area contributed by atoms with Crippen LogP contribution in [0.1, 0.15) is 35.7 Å². The van der Waals surface area contributed by atoms with E-state index < -0.39 is 5.91 Å². The van der Waals surface area contributed by atoms with Gasteiger partial charge in [0.2, 0.25) is 5.88 Å². The zero-order valence-electron chi connectivity index (χ0n) is 11.5. The van der Waals surface area contributed by atoms with Gasteiger partial charge in [-0.3, -0.25) is 4.79 Å². The molecule has 5 nitrogen and oxygen atoms in total. The molecule has 4 N–H and O–H groups in total. The molecule has 0 aliphatic rings. The van der Waals surface area contributed by atoms with Crippen molar-refractivity contribution in [2.45, 2.75) is 19.8 Å². The number of benzene rings is 1. The number of carbonyl (C=O) groups is 1. The summed E-state index contributed by atoms with van der Waals surface area (Å²) in [5.41, 5.74) is 12.5. The van der Waals surface area contributed by atoms with Crippen LogP contribution in [0.2, 0.25) is 0 Å². The monoisotopic (exact) mass is 271 g/mol. The normalized spacial score (nSPS) is 10.6. The van der Waals surface area contributed by atoms with Crippen LogP contribution in [0, 0.1) is 0 Å². The lowest BCUT2D eigenvalue weighted by molar-refractivity contribution is 0.0997. The lowest BCUT2D eigenvalue weighted by Gasteiger charge is -2.14. The molecule has 0 saturated heterocycles.